The largest absolute Gasteiger partial charge is 0.359 e. The van der Waals surface area contributed by atoms with E-state index in [0.29, 0.717) is 20.1 Å². The summed E-state index contributed by atoms with van der Waals surface area (Å²) in [5.41, 5.74) is 0. The van der Waals surface area contributed by atoms with E-state index in [1.165, 1.54) is 12.8 Å². The highest BCUT2D eigenvalue weighted by Gasteiger charge is 2.35. The average molecular weight is 211 g/mol. The molecule has 5 heteroatoms. The summed E-state index contributed by atoms with van der Waals surface area (Å²) in [5, 5.41) is 3.55. The van der Waals surface area contributed by atoms with Crippen LogP contribution < -0.4 is 5.23 Å². The molecule has 0 spiro atoms. The second-order valence-electron chi connectivity index (χ2n) is 4.44. The van der Waals surface area contributed by atoms with Gasteiger partial charge in [0, 0.05) is 6.17 Å². The van der Waals surface area contributed by atoms with E-state index in [9.17, 15) is 0 Å². The first-order valence-corrected chi connectivity index (χ1v) is 6.19. The van der Waals surface area contributed by atoms with E-state index in [-0.39, 0.29) is 0 Å². The van der Waals surface area contributed by atoms with Crippen molar-refractivity contribution in [1.29, 1.82) is 0 Å². The fourth-order valence-electron chi connectivity index (χ4n) is 1.79. The molecule has 1 atom stereocenters. The number of nitrogens with one attached hydrogen (secondary N) is 1. The van der Waals surface area contributed by atoms with Gasteiger partial charge in [0.1, 0.15) is 0 Å². The summed E-state index contributed by atoms with van der Waals surface area (Å²) >= 11 is 0. The minimum absolute atomic E-state index is 0.487. The van der Waals surface area contributed by atoms with Crippen molar-refractivity contribution in [1.82, 2.24) is 14.8 Å². The van der Waals surface area contributed by atoms with Crippen LogP contribution >= 0.6 is 0 Å². The van der Waals surface area contributed by atoms with E-state index >= 15 is 0 Å². The van der Waals surface area contributed by atoms with Crippen molar-refractivity contribution in [3.63, 3.8) is 0 Å². The molecule has 1 aliphatic heterocycles. The highest BCUT2D eigenvalue weighted by molar-refractivity contribution is 6.69. The predicted molar refractivity (Wildman–Crippen MR) is 71.9 cm³/mol. The highest BCUT2D eigenvalue weighted by atomic mass is 15.3. The van der Waals surface area contributed by atoms with Gasteiger partial charge in [-0.3, -0.25) is 0 Å². The van der Waals surface area contributed by atoms with Crippen LogP contribution in [-0.4, -0.2) is 43.8 Å². The van der Waals surface area contributed by atoms with Gasteiger partial charge >= 0.3 is 0 Å². The molecule has 0 amide bonds. The molecular weight excluding hydrogens is 184 g/mol. The summed E-state index contributed by atoms with van der Waals surface area (Å²) in [6.07, 6.45) is 2.95. The molecule has 1 N–H and O–H groups in total. The monoisotopic (exact) mass is 211 g/mol. The number of hydrogen-bond acceptors (Lipinski definition) is 3. The Balaban J connectivity index is 0.000000583. The van der Waals surface area contributed by atoms with Crippen molar-refractivity contribution in [2.45, 2.75) is 53.4 Å². The molecule has 0 bridgehead atoms. The van der Waals surface area contributed by atoms with Gasteiger partial charge in [-0.2, -0.15) is 0 Å². The van der Waals surface area contributed by atoms with Gasteiger partial charge in [-0.1, -0.05) is 40.8 Å². The third-order valence-corrected chi connectivity index (χ3v) is 3.10. The lowest BCUT2D eigenvalue weighted by atomic mass is 9.59. The Morgan fingerprint density at radius 2 is 1.60 bits per heavy atom. The van der Waals surface area contributed by atoms with Crippen LogP contribution in [-0.2, 0) is 0 Å². The van der Waals surface area contributed by atoms with Crippen LogP contribution in [0.5, 0.6) is 0 Å². The smallest absolute Gasteiger partial charge is 0.298 e. The van der Waals surface area contributed by atoms with E-state index in [0.717, 1.165) is 0 Å². The lowest BCUT2D eigenvalue weighted by Crippen LogP contribution is -2.70. The molecular formula is C10H27B2N3. The Morgan fingerprint density at radius 1 is 1.13 bits per heavy atom. The Kier molecular flexibility index (Phi) is 7.32. The number of nitrogens with zero attached hydrogens (tertiary/aromatic N) is 2. The summed E-state index contributed by atoms with van der Waals surface area (Å²) < 4.78 is 2.34. The fraction of sp³-hybridized carbons (Fsp3) is 1.00. The molecule has 1 unspecified atom stereocenters. The molecule has 0 aromatic rings. The maximum absolute atomic E-state index is 3.55. The molecule has 0 saturated carbocycles. The molecule has 0 aliphatic carbocycles. The molecule has 1 rings (SSSR count). The average Bonchev–Trinajstić information content (AvgIpc) is 2.21. The van der Waals surface area contributed by atoms with E-state index < -0.39 is 0 Å². The summed E-state index contributed by atoms with van der Waals surface area (Å²) in [7, 11) is 4.33. The first-order valence-electron chi connectivity index (χ1n) is 6.19. The molecule has 1 aliphatic rings. The van der Waals surface area contributed by atoms with Crippen LogP contribution in [0, 0.1) is 0 Å². The van der Waals surface area contributed by atoms with Gasteiger partial charge in [0.25, 0.3) is 14.0 Å². The van der Waals surface area contributed by atoms with Crippen LogP contribution in [0.15, 0.2) is 0 Å². The molecule has 88 valence electrons. The van der Waals surface area contributed by atoms with Crippen molar-refractivity contribution in [3.8, 4) is 0 Å². The van der Waals surface area contributed by atoms with Gasteiger partial charge in [-0.15, -0.1) is 0 Å². The zero-order chi connectivity index (χ0) is 12.0. The molecule has 15 heavy (non-hydrogen) atoms. The van der Waals surface area contributed by atoms with E-state index in [1.807, 2.05) is 0 Å². The SMILES string of the molecule is CCC.CCC1NB(C)N(C)B(C)N1C. The normalized spacial score (nSPS) is 23.8. The second-order valence-corrected chi connectivity index (χ2v) is 4.44. The molecule has 1 saturated heterocycles. The zero-order valence-electron chi connectivity index (χ0n) is 11.5. The van der Waals surface area contributed by atoms with Crippen LogP contribution in [0.25, 0.3) is 0 Å². The first kappa shape index (κ1) is 15.0. The third kappa shape index (κ3) is 4.17. The lowest BCUT2D eigenvalue weighted by molar-refractivity contribution is 0.308. The number of rotatable bonds is 1. The van der Waals surface area contributed by atoms with Crippen LogP contribution in [0.3, 0.4) is 0 Å². The molecule has 0 aromatic heterocycles. The molecule has 0 radical (unpaired) electrons. The first-order chi connectivity index (χ1) is 6.99. The summed E-state index contributed by atoms with van der Waals surface area (Å²) in [5.74, 6) is 0. The quantitative estimate of drug-likeness (QED) is 0.667. The van der Waals surface area contributed by atoms with E-state index in [2.05, 4.69) is 63.3 Å². The van der Waals surface area contributed by atoms with Gasteiger partial charge in [0.05, 0.1) is 0 Å². The molecule has 1 heterocycles. The second kappa shape index (κ2) is 7.31. The molecule has 1 fully saturated rings. The topological polar surface area (TPSA) is 18.5 Å². The van der Waals surface area contributed by atoms with Crippen molar-refractivity contribution in [3.05, 3.63) is 0 Å². The van der Waals surface area contributed by atoms with Gasteiger partial charge < -0.3 is 14.8 Å². The fourth-order valence-corrected chi connectivity index (χ4v) is 1.79. The Bertz CT molecular complexity index is 164. The van der Waals surface area contributed by atoms with Crippen LogP contribution in [0.1, 0.15) is 33.6 Å². The van der Waals surface area contributed by atoms with Gasteiger partial charge in [0.15, 0.2) is 0 Å². The third-order valence-electron chi connectivity index (χ3n) is 3.10. The van der Waals surface area contributed by atoms with Crippen molar-refractivity contribution >= 4 is 14.0 Å². The van der Waals surface area contributed by atoms with Gasteiger partial charge in [-0.05, 0) is 20.5 Å². The predicted octanol–water partition coefficient (Wildman–Crippen LogP) is 1.84. The van der Waals surface area contributed by atoms with E-state index in [1.54, 1.807) is 0 Å². The van der Waals surface area contributed by atoms with Gasteiger partial charge in [-0.25, -0.2) is 0 Å². The Hall–Kier alpha value is 0.00987. The van der Waals surface area contributed by atoms with Crippen molar-refractivity contribution in [2.24, 2.45) is 0 Å². The minimum atomic E-state index is 0.487. The molecule has 0 aromatic carbocycles. The van der Waals surface area contributed by atoms with Crippen molar-refractivity contribution < 1.29 is 0 Å². The standard InChI is InChI=1S/C7H19B2N3.C3H8/c1-6-7-10-8(2)12(5)9(3)11(7)4;1-3-2/h7,10H,6H2,1-5H3;3H2,1-2H3. The lowest BCUT2D eigenvalue weighted by Gasteiger charge is -2.45. The maximum atomic E-state index is 3.55. The van der Waals surface area contributed by atoms with Crippen LogP contribution in [0.2, 0.25) is 13.6 Å². The van der Waals surface area contributed by atoms with Gasteiger partial charge in [0.2, 0.25) is 0 Å². The maximum Gasteiger partial charge on any atom is 0.298 e. The number of hydrogen-bond donors (Lipinski definition) is 1. The summed E-state index contributed by atoms with van der Waals surface area (Å²) in [6, 6.07) is 0. The summed E-state index contributed by atoms with van der Waals surface area (Å²) in [6.45, 7) is 12.0. The van der Waals surface area contributed by atoms with Crippen molar-refractivity contribution in [2.75, 3.05) is 14.1 Å². The summed E-state index contributed by atoms with van der Waals surface area (Å²) in [4.78, 5) is 2.38. The zero-order valence-corrected chi connectivity index (χ0v) is 11.5. The molecule has 3 nitrogen and oxygen atoms in total. The van der Waals surface area contributed by atoms with E-state index in [4.69, 9.17) is 0 Å². The Morgan fingerprint density at radius 3 is 2.00 bits per heavy atom. The van der Waals surface area contributed by atoms with Crippen LogP contribution in [0.4, 0.5) is 0 Å². The Labute approximate surface area is 96.8 Å². The minimum Gasteiger partial charge on any atom is -0.359 e. The highest BCUT2D eigenvalue weighted by Crippen LogP contribution is 2.11.